The van der Waals surface area contributed by atoms with E-state index in [2.05, 4.69) is 0 Å². The number of rotatable bonds is 10. The van der Waals surface area contributed by atoms with Crippen LogP contribution in [0.2, 0.25) is 0 Å². The number of methoxy groups -OCH3 is 1. The fourth-order valence-corrected chi connectivity index (χ4v) is 5.08. The molecule has 0 radical (unpaired) electrons. The first-order valence-electron chi connectivity index (χ1n) is 8.48. The van der Waals surface area contributed by atoms with Crippen LogP contribution >= 0.6 is 0 Å². The van der Waals surface area contributed by atoms with Crippen LogP contribution in [0.4, 0.5) is 4.39 Å². The number of ether oxygens (including phenoxy) is 1. The van der Waals surface area contributed by atoms with Crippen molar-refractivity contribution < 1.29 is 36.0 Å². The van der Waals surface area contributed by atoms with Crippen LogP contribution in [0.3, 0.4) is 0 Å². The highest BCUT2D eigenvalue weighted by Gasteiger charge is 2.29. The second-order valence-corrected chi connectivity index (χ2v) is 9.46. The number of benzene rings is 2. The minimum Gasteiger partial charge on any atom is -0.497 e. The molecule has 0 atom stereocenters. The molecule has 0 saturated heterocycles. The van der Waals surface area contributed by atoms with Crippen LogP contribution in [-0.4, -0.2) is 46.0 Å². The van der Waals surface area contributed by atoms with E-state index in [1.54, 1.807) is 0 Å². The van der Waals surface area contributed by atoms with Gasteiger partial charge in [-0.2, -0.15) is 0 Å². The second kappa shape index (κ2) is 9.95. The Labute approximate surface area is 173 Å². The topological polar surface area (TPSA) is 142 Å². The summed E-state index contributed by atoms with van der Waals surface area (Å²) in [7, 11) is -7.34. The first kappa shape index (κ1) is 23.7. The smallest absolute Gasteiger partial charge is 0.256 e. The molecule has 10 nitrogen and oxygen atoms in total. The Morgan fingerprint density at radius 2 is 1.60 bits per heavy atom. The molecule has 1 amide bonds. The quantitative estimate of drug-likeness (QED) is 0.354. The summed E-state index contributed by atoms with van der Waals surface area (Å²) in [6, 6.07) is 9.04. The third-order valence-corrected chi connectivity index (χ3v) is 7.07. The second-order valence-electron chi connectivity index (χ2n) is 5.94. The summed E-state index contributed by atoms with van der Waals surface area (Å²) in [4.78, 5) is 12.6. The van der Waals surface area contributed by atoms with Gasteiger partial charge in [0.2, 0.25) is 5.91 Å². The zero-order chi connectivity index (χ0) is 22.4. The highest BCUT2D eigenvalue weighted by molar-refractivity contribution is 7.92. The Hall–Kier alpha value is -2.58. The number of nitrogens with one attached hydrogen (secondary N) is 2. The predicted octanol–water partition coefficient (Wildman–Crippen LogP) is 1.00. The van der Waals surface area contributed by atoms with E-state index >= 15 is 0 Å². The van der Waals surface area contributed by atoms with Crippen molar-refractivity contribution in [2.24, 2.45) is 0 Å². The van der Waals surface area contributed by atoms with E-state index in [9.17, 15) is 26.0 Å². The van der Waals surface area contributed by atoms with Crippen LogP contribution in [0.15, 0.2) is 58.3 Å². The number of hydroxylamine groups is 1. The van der Waals surface area contributed by atoms with Crippen molar-refractivity contribution in [3.05, 3.63) is 54.3 Å². The maximum atomic E-state index is 13.1. The Morgan fingerprint density at radius 3 is 2.13 bits per heavy atom. The number of hydrogen-bond acceptors (Lipinski definition) is 7. The zero-order valence-electron chi connectivity index (χ0n) is 15.8. The zero-order valence-corrected chi connectivity index (χ0v) is 17.4. The van der Waals surface area contributed by atoms with Gasteiger partial charge in [-0.3, -0.25) is 10.0 Å². The summed E-state index contributed by atoms with van der Waals surface area (Å²) in [6.45, 7) is -0.414. The number of carbonyl (C=O) groups excluding carboxylic acids is 1. The van der Waals surface area contributed by atoms with Gasteiger partial charge in [-0.25, -0.2) is 26.7 Å². The average molecular weight is 461 g/mol. The van der Waals surface area contributed by atoms with E-state index in [1.807, 2.05) is 4.83 Å². The number of carbonyl (C=O) groups is 1. The Bertz CT molecular complexity index is 1070. The lowest BCUT2D eigenvalue weighted by atomic mass is 10.3. The van der Waals surface area contributed by atoms with Gasteiger partial charge >= 0.3 is 0 Å². The average Bonchev–Trinajstić information content (AvgIpc) is 2.73. The molecule has 2 aromatic rings. The van der Waals surface area contributed by atoms with Crippen LogP contribution in [-0.2, 0) is 24.8 Å². The maximum absolute atomic E-state index is 13.1. The van der Waals surface area contributed by atoms with Crippen LogP contribution in [0.25, 0.3) is 0 Å². The van der Waals surface area contributed by atoms with E-state index in [0.717, 1.165) is 24.3 Å². The summed E-state index contributed by atoms with van der Waals surface area (Å²) in [5.41, 5.74) is 1.41. The lowest BCUT2D eigenvalue weighted by Gasteiger charge is -2.23. The lowest BCUT2D eigenvalue weighted by Crippen LogP contribution is -2.46. The summed E-state index contributed by atoms with van der Waals surface area (Å²) < 4.78 is 69.7. The Balaban J connectivity index is 2.35. The predicted molar refractivity (Wildman–Crippen MR) is 103 cm³/mol. The molecule has 0 fully saturated rings. The summed E-state index contributed by atoms with van der Waals surface area (Å²) in [6.07, 6.45) is -0.364. The van der Waals surface area contributed by atoms with Crippen LogP contribution < -0.4 is 15.0 Å². The van der Waals surface area contributed by atoms with Gasteiger partial charge in [0, 0.05) is 13.0 Å². The molecule has 3 N–H and O–H groups in total. The van der Waals surface area contributed by atoms with E-state index in [4.69, 9.17) is 9.94 Å². The number of halogens is 1. The first-order chi connectivity index (χ1) is 14.1. The minimum atomic E-state index is -4.38. The SMILES string of the molecule is COc1ccc(S(=O)(=O)N(CCCC(=O)NO)NS(=O)(=O)c2ccc(F)cc2)cc1. The van der Waals surface area contributed by atoms with E-state index < -0.39 is 38.3 Å². The molecule has 0 aliphatic rings. The van der Waals surface area contributed by atoms with Gasteiger partial charge in [0.15, 0.2) is 0 Å². The van der Waals surface area contributed by atoms with E-state index in [1.165, 1.54) is 36.9 Å². The fraction of sp³-hybridized carbons (Fsp3) is 0.235. The van der Waals surface area contributed by atoms with Gasteiger partial charge in [-0.15, -0.1) is 9.25 Å². The van der Waals surface area contributed by atoms with Crippen LogP contribution in [0.5, 0.6) is 5.75 Å². The molecule has 0 aliphatic carbocycles. The molecular formula is C17H20FN3O7S2. The highest BCUT2D eigenvalue weighted by Crippen LogP contribution is 2.20. The number of sulfonamides is 2. The Morgan fingerprint density at radius 1 is 1.03 bits per heavy atom. The summed E-state index contributed by atoms with van der Waals surface area (Å²) in [5, 5.41) is 8.56. The van der Waals surface area contributed by atoms with E-state index in [0.29, 0.717) is 10.2 Å². The summed E-state index contributed by atoms with van der Waals surface area (Å²) in [5.74, 6) is -1.03. The fourth-order valence-electron chi connectivity index (χ4n) is 2.33. The molecule has 30 heavy (non-hydrogen) atoms. The van der Waals surface area contributed by atoms with Gasteiger partial charge in [-0.1, -0.05) is 0 Å². The van der Waals surface area contributed by atoms with Crippen molar-refractivity contribution in [3.63, 3.8) is 0 Å². The maximum Gasteiger partial charge on any atom is 0.256 e. The molecule has 164 valence electrons. The van der Waals surface area contributed by atoms with Crippen molar-refractivity contribution in [2.45, 2.75) is 22.6 Å². The first-order valence-corrected chi connectivity index (χ1v) is 11.4. The third-order valence-electron chi connectivity index (χ3n) is 3.88. The highest BCUT2D eigenvalue weighted by atomic mass is 32.2. The molecular weight excluding hydrogens is 441 g/mol. The van der Waals surface area contributed by atoms with Crippen LogP contribution in [0.1, 0.15) is 12.8 Å². The van der Waals surface area contributed by atoms with Crippen molar-refractivity contribution in [3.8, 4) is 5.75 Å². The molecule has 0 spiro atoms. The van der Waals surface area contributed by atoms with Crippen molar-refractivity contribution >= 4 is 26.0 Å². The molecule has 13 heteroatoms. The largest absolute Gasteiger partial charge is 0.497 e. The van der Waals surface area contributed by atoms with Crippen LogP contribution in [0, 0.1) is 5.82 Å². The standard InChI is InChI=1S/C17H20FN3O7S2/c1-28-14-6-10-16(11-7-14)30(26,27)21(12-2-3-17(22)19-23)20-29(24,25)15-8-4-13(18)5-9-15/h4-11,20,23H,2-3,12H2,1H3,(H,19,22). The van der Waals surface area contributed by atoms with Gasteiger partial charge in [-0.05, 0) is 55.0 Å². The molecule has 0 heterocycles. The van der Waals surface area contributed by atoms with E-state index in [-0.39, 0.29) is 22.6 Å². The Kier molecular flexibility index (Phi) is 7.86. The molecule has 0 aliphatic heterocycles. The number of amides is 1. The van der Waals surface area contributed by atoms with Gasteiger partial charge in [0.05, 0.1) is 16.9 Å². The molecule has 2 aromatic carbocycles. The van der Waals surface area contributed by atoms with Gasteiger partial charge < -0.3 is 4.74 Å². The molecule has 0 aromatic heterocycles. The number of nitrogens with zero attached hydrogens (tertiary/aromatic N) is 1. The van der Waals surface area contributed by atoms with Crippen molar-refractivity contribution in [2.75, 3.05) is 13.7 Å². The lowest BCUT2D eigenvalue weighted by molar-refractivity contribution is -0.129. The van der Waals surface area contributed by atoms with Gasteiger partial charge in [0.25, 0.3) is 20.0 Å². The molecule has 0 bridgehead atoms. The summed E-state index contributed by atoms with van der Waals surface area (Å²) >= 11 is 0. The van der Waals surface area contributed by atoms with Crippen molar-refractivity contribution in [1.29, 1.82) is 0 Å². The minimum absolute atomic E-state index is 0.103. The molecule has 2 rings (SSSR count). The van der Waals surface area contributed by atoms with Gasteiger partial charge in [0.1, 0.15) is 11.6 Å². The normalized spacial score (nSPS) is 12.0. The monoisotopic (exact) mass is 461 g/mol. The molecule has 0 saturated carbocycles. The molecule has 0 unspecified atom stereocenters. The third kappa shape index (κ3) is 5.96. The number of hydrazine groups is 1. The van der Waals surface area contributed by atoms with Crippen molar-refractivity contribution in [1.82, 2.24) is 14.7 Å². The number of hydrogen-bond donors (Lipinski definition) is 3.